The Morgan fingerprint density at radius 2 is 2.12 bits per heavy atom. The van der Waals surface area contributed by atoms with Gasteiger partial charge in [-0.1, -0.05) is 23.8 Å². The Hall–Kier alpha value is -2.01. The lowest BCUT2D eigenvalue weighted by Gasteiger charge is -2.12. The summed E-state index contributed by atoms with van der Waals surface area (Å²) in [5.74, 6) is 2.08. The van der Waals surface area contributed by atoms with Crippen LogP contribution in [0.4, 0.5) is 4.39 Å². The summed E-state index contributed by atoms with van der Waals surface area (Å²) in [7, 11) is 0. The maximum atomic E-state index is 13.2. The van der Waals surface area contributed by atoms with Crippen molar-refractivity contribution in [2.45, 2.75) is 43.6 Å². The van der Waals surface area contributed by atoms with Crippen molar-refractivity contribution < 1.29 is 13.6 Å². The van der Waals surface area contributed by atoms with Gasteiger partial charge in [-0.05, 0) is 61.9 Å². The Morgan fingerprint density at radius 3 is 2.92 bits per heavy atom. The van der Waals surface area contributed by atoms with E-state index in [0.29, 0.717) is 23.8 Å². The topological polar surface area (TPSA) is 42.2 Å². The standard InChI is InChI=1S/C21H24FNO2S/c22-18-8-4-7-17(13-18)14-26-15-19-9-10-20(25-19)21(24)23-12-11-16-5-2-1-3-6-16/h4-5,7-10,13H,1-3,6,11-12,14-15H2,(H,23,24). The van der Waals surface area contributed by atoms with Gasteiger partial charge in [-0.25, -0.2) is 4.39 Å². The quantitative estimate of drug-likeness (QED) is 0.624. The molecule has 1 heterocycles. The zero-order chi connectivity index (χ0) is 18.2. The van der Waals surface area contributed by atoms with Crippen LogP contribution in [0.1, 0.15) is 54.0 Å². The van der Waals surface area contributed by atoms with Crippen LogP contribution < -0.4 is 5.32 Å². The second-order valence-electron chi connectivity index (χ2n) is 6.50. The van der Waals surface area contributed by atoms with Crippen LogP contribution in [0.5, 0.6) is 0 Å². The van der Waals surface area contributed by atoms with Crippen LogP contribution in [0.15, 0.2) is 52.5 Å². The van der Waals surface area contributed by atoms with E-state index in [1.807, 2.05) is 12.1 Å². The minimum Gasteiger partial charge on any atom is -0.455 e. The Balaban J connectivity index is 1.40. The van der Waals surface area contributed by atoms with Gasteiger partial charge in [0.1, 0.15) is 11.6 Å². The first-order chi connectivity index (χ1) is 12.7. The predicted molar refractivity (Wildman–Crippen MR) is 104 cm³/mol. The van der Waals surface area contributed by atoms with E-state index in [9.17, 15) is 9.18 Å². The number of amides is 1. The summed E-state index contributed by atoms with van der Waals surface area (Å²) < 4.78 is 18.8. The van der Waals surface area contributed by atoms with E-state index < -0.39 is 0 Å². The molecule has 0 atom stereocenters. The van der Waals surface area contributed by atoms with Gasteiger partial charge >= 0.3 is 0 Å². The molecule has 1 aliphatic carbocycles. The Kier molecular flexibility index (Phi) is 6.95. The molecular weight excluding hydrogens is 349 g/mol. The van der Waals surface area contributed by atoms with Gasteiger partial charge in [0.05, 0.1) is 5.75 Å². The average molecular weight is 373 g/mol. The third-order valence-corrected chi connectivity index (χ3v) is 5.43. The SMILES string of the molecule is O=C(NCCC1=CCCCC1)c1ccc(CSCc2cccc(F)c2)o1. The number of nitrogens with one attached hydrogen (secondary N) is 1. The van der Waals surface area contributed by atoms with Gasteiger partial charge in [0.25, 0.3) is 5.91 Å². The first kappa shape index (κ1) is 18.8. The molecule has 1 aromatic carbocycles. The molecule has 0 unspecified atom stereocenters. The summed E-state index contributed by atoms with van der Waals surface area (Å²) in [6.45, 7) is 0.648. The van der Waals surface area contributed by atoms with Crippen molar-refractivity contribution in [3.8, 4) is 0 Å². The Bertz CT molecular complexity index is 769. The summed E-state index contributed by atoms with van der Waals surface area (Å²) >= 11 is 1.63. The number of rotatable bonds is 8. The monoisotopic (exact) mass is 373 g/mol. The van der Waals surface area contributed by atoms with Crippen LogP contribution in [0, 0.1) is 5.82 Å². The normalized spacial score (nSPS) is 14.1. The zero-order valence-corrected chi connectivity index (χ0v) is 15.6. The number of furan rings is 1. The largest absolute Gasteiger partial charge is 0.455 e. The molecule has 3 rings (SSSR count). The molecule has 5 heteroatoms. The summed E-state index contributed by atoms with van der Waals surface area (Å²) in [6.07, 6.45) is 8.08. The van der Waals surface area contributed by atoms with E-state index in [2.05, 4.69) is 11.4 Å². The lowest BCUT2D eigenvalue weighted by molar-refractivity contribution is 0.0925. The van der Waals surface area contributed by atoms with Gasteiger partial charge in [-0.15, -0.1) is 11.8 Å². The molecule has 2 aromatic rings. The number of thioether (sulfide) groups is 1. The molecule has 26 heavy (non-hydrogen) atoms. The lowest BCUT2D eigenvalue weighted by atomic mass is 9.97. The summed E-state index contributed by atoms with van der Waals surface area (Å²) in [4.78, 5) is 12.2. The van der Waals surface area contributed by atoms with Gasteiger partial charge in [-0.3, -0.25) is 4.79 Å². The van der Waals surface area contributed by atoms with Crippen LogP contribution in [0.2, 0.25) is 0 Å². The van der Waals surface area contributed by atoms with Crippen LogP contribution in [-0.2, 0) is 11.5 Å². The summed E-state index contributed by atoms with van der Waals surface area (Å²) in [5, 5.41) is 2.93. The first-order valence-electron chi connectivity index (χ1n) is 9.08. The highest BCUT2D eigenvalue weighted by Crippen LogP contribution is 2.21. The molecule has 0 bridgehead atoms. The minimum absolute atomic E-state index is 0.164. The van der Waals surface area contributed by atoms with E-state index in [1.165, 1.54) is 30.5 Å². The van der Waals surface area contributed by atoms with Gasteiger partial charge < -0.3 is 9.73 Å². The fraction of sp³-hybridized carbons (Fsp3) is 0.381. The highest BCUT2D eigenvalue weighted by molar-refractivity contribution is 7.97. The van der Waals surface area contributed by atoms with Gasteiger partial charge in [0.2, 0.25) is 0 Å². The second kappa shape index (κ2) is 9.62. The molecule has 3 nitrogen and oxygen atoms in total. The van der Waals surface area contributed by atoms with Crippen molar-refractivity contribution in [3.05, 3.63) is 70.9 Å². The lowest BCUT2D eigenvalue weighted by Crippen LogP contribution is -2.24. The van der Waals surface area contributed by atoms with Crippen molar-refractivity contribution >= 4 is 17.7 Å². The molecule has 0 fully saturated rings. The molecule has 1 aliphatic rings. The van der Waals surface area contributed by atoms with Crippen molar-refractivity contribution in [2.75, 3.05) is 6.54 Å². The van der Waals surface area contributed by atoms with Gasteiger partial charge in [0, 0.05) is 12.3 Å². The van der Waals surface area contributed by atoms with Crippen LogP contribution in [0.3, 0.4) is 0 Å². The smallest absolute Gasteiger partial charge is 0.287 e. The number of carbonyl (C=O) groups excluding carboxylic acids is 1. The number of hydrogen-bond donors (Lipinski definition) is 1. The molecule has 138 valence electrons. The van der Waals surface area contributed by atoms with Crippen LogP contribution in [-0.4, -0.2) is 12.5 Å². The second-order valence-corrected chi connectivity index (χ2v) is 7.49. The molecule has 0 spiro atoms. The number of carbonyl (C=O) groups is 1. The third kappa shape index (κ3) is 5.77. The number of allylic oxidation sites excluding steroid dienone is 1. The number of hydrogen-bond acceptors (Lipinski definition) is 3. The van der Waals surface area contributed by atoms with Crippen molar-refractivity contribution in [2.24, 2.45) is 0 Å². The van der Waals surface area contributed by atoms with Gasteiger partial charge in [-0.2, -0.15) is 0 Å². The molecular formula is C21H24FNO2S. The highest BCUT2D eigenvalue weighted by Gasteiger charge is 2.11. The predicted octanol–water partition coefficient (Wildman–Crippen LogP) is 5.47. The minimum atomic E-state index is -0.218. The van der Waals surface area contributed by atoms with E-state index in [1.54, 1.807) is 23.9 Å². The van der Waals surface area contributed by atoms with E-state index >= 15 is 0 Å². The third-order valence-electron chi connectivity index (χ3n) is 4.40. The highest BCUT2D eigenvalue weighted by atomic mass is 32.2. The summed E-state index contributed by atoms with van der Waals surface area (Å²) in [6, 6.07) is 10.1. The molecule has 0 saturated heterocycles. The molecule has 0 aliphatic heterocycles. The fourth-order valence-corrected chi connectivity index (χ4v) is 3.90. The molecule has 1 amide bonds. The van der Waals surface area contributed by atoms with Crippen molar-refractivity contribution in [1.82, 2.24) is 5.32 Å². The number of benzene rings is 1. The van der Waals surface area contributed by atoms with E-state index in [4.69, 9.17) is 4.42 Å². The first-order valence-corrected chi connectivity index (χ1v) is 10.2. The zero-order valence-electron chi connectivity index (χ0n) is 14.8. The van der Waals surface area contributed by atoms with E-state index in [-0.39, 0.29) is 11.7 Å². The molecule has 1 aromatic heterocycles. The average Bonchev–Trinajstić information content (AvgIpc) is 3.12. The van der Waals surface area contributed by atoms with Crippen molar-refractivity contribution in [3.63, 3.8) is 0 Å². The maximum Gasteiger partial charge on any atom is 0.287 e. The molecule has 0 saturated carbocycles. The van der Waals surface area contributed by atoms with Crippen LogP contribution in [0.25, 0.3) is 0 Å². The molecule has 0 radical (unpaired) electrons. The van der Waals surface area contributed by atoms with Gasteiger partial charge in [0.15, 0.2) is 5.76 Å². The molecule has 1 N–H and O–H groups in total. The van der Waals surface area contributed by atoms with Crippen LogP contribution >= 0.6 is 11.8 Å². The van der Waals surface area contributed by atoms with E-state index in [0.717, 1.165) is 30.6 Å². The summed E-state index contributed by atoms with van der Waals surface area (Å²) in [5.41, 5.74) is 2.39. The number of halogens is 1. The van der Waals surface area contributed by atoms with Crippen molar-refractivity contribution in [1.29, 1.82) is 0 Å². The maximum absolute atomic E-state index is 13.2. The Labute approximate surface area is 158 Å². The fourth-order valence-electron chi connectivity index (χ4n) is 3.03. The Morgan fingerprint density at radius 1 is 1.19 bits per heavy atom.